The maximum atomic E-state index is 10.7. The number of rotatable bonds is 5. The number of hydrogen-bond acceptors (Lipinski definition) is 2. The number of carbonyl (C=O) groups is 1. The molecule has 1 heterocycles. The lowest BCUT2D eigenvalue weighted by atomic mass is 10.1. The zero-order valence-electron chi connectivity index (χ0n) is 11.7. The summed E-state index contributed by atoms with van der Waals surface area (Å²) in [5, 5.41) is 8.82. The molecule has 2 aromatic rings. The first-order valence-corrected chi connectivity index (χ1v) is 6.74. The van der Waals surface area contributed by atoms with Crippen LogP contribution in [0.2, 0.25) is 0 Å². The number of imidazole rings is 1. The molecule has 0 amide bonds. The van der Waals surface area contributed by atoms with E-state index in [9.17, 15) is 4.79 Å². The van der Waals surface area contributed by atoms with Gasteiger partial charge in [0.2, 0.25) is 0 Å². The van der Waals surface area contributed by atoms with E-state index < -0.39 is 5.97 Å². The SMILES string of the molecule is CCc1ccc2c(c1)nc(CCC(=O)O)n2C(C)C. The van der Waals surface area contributed by atoms with Gasteiger partial charge in [-0.15, -0.1) is 0 Å². The van der Waals surface area contributed by atoms with Gasteiger partial charge >= 0.3 is 5.97 Å². The van der Waals surface area contributed by atoms with Gasteiger partial charge < -0.3 is 9.67 Å². The van der Waals surface area contributed by atoms with Gasteiger partial charge in [0.05, 0.1) is 17.5 Å². The predicted molar refractivity (Wildman–Crippen MR) is 75.5 cm³/mol. The zero-order chi connectivity index (χ0) is 14.0. The zero-order valence-corrected chi connectivity index (χ0v) is 11.7. The second-order valence-electron chi connectivity index (χ2n) is 5.06. The summed E-state index contributed by atoms with van der Waals surface area (Å²) in [4.78, 5) is 15.3. The maximum Gasteiger partial charge on any atom is 0.303 e. The van der Waals surface area contributed by atoms with Crippen LogP contribution in [0.4, 0.5) is 0 Å². The van der Waals surface area contributed by atoms with E-state index in [-0.39, 0.29) is 12.5 Å². The van der Waals surface area contributed by atoms with Gasteiger partial charge in [0.1, 0.15) is 5.82 Å². The minimum Gasteiger partial charge on any atom is -0.481 e. The molecule has 0 aliphatic heterocycles. The maximum absolute atomic E-state index is 10.7. The highest BCUT2D eigenvalue weighted by atomic mass is 16.4. The van der Waals surface area contributed by atoms with Gasteiger partial charge in [0.15, 0.2) is 0 Å². The third-order valence-corrected chi connectivity index (χ3v) is 3.31. The van der Waals surface area contributed by atoms with E-state index in [1.807, 2.05) is 0 Å². The lowest BCUT2D eigenvalue weighted by Crippen LogP contribution is -2.08. The number of fused-ring (bicyclic) bond motifs is 1. The summed E-state index contributed by atoms with van der Waals surface area (Å²) in [7, 11) is 0. The number of aryl methyl sites for hydroxylation is 2. The van der Waals surface area contributed by atoms with Crippen LogP contribution in [0.3, 0.4) is 0 Å². The molecule has 0 unspecified atom stereocenters. The molecule has 1 aromatic carbocycles. The largest absolute Gasteiger partial charge is 0.481 e. The fourth-order valence-electron chi connectivity index (χ4n) is 2.39. The Kier molecular flexibility index (Phi) is 3.88. The van der Waals surface area contributed by atoms with Crippen molar-refractivity contribution in [2.24, 2.45) is 0 Å². The van der Waals surface area contributed by atoms with Crippen LogP contribution < -0.4 is 0 Å². The fraction of sp³-hybridized carbons (Fsp3) is 0.467. The minimum absolute atomic E-state index is 0.122. The Labute approximate surface area is 113 Å². The number of nitrogens with zero attached hydrogens (tertiary/aromatic N) is 2. The highest BCUT2D eigenvalue weighted by Crippen LogP contribution is 2.23. The molecule has 4 heteroatoms. The lowest BCUT2D eigenvalue weighted by molar-refractivity contribution is -0.137. The first-order chi connectivity index (χ1) is 9.02. The third kappa shape index (κ3) is 2.78. The molecule has 0 spiro atoms. The number of hydrogen-bond donors (Lipinski definition) is 1. The van der Waals surface area contributed by atoms with Crippen LogP contribution >= 0.6 is 0 Å². The molecule has 4 nitrogen and oxygen atoms in total. The molecule has 0 aliphatic carbocycles. The highest BCUT2D eigenvalue weighted by Gasteiger charge is 2.14. The number of carboxylic acid groups (broad SMARTS) is 1. The van der Waals surface area contributed by atoms with Crippen molar-refractivity contribution in [2.45, 2.75) is 46.1 Å². The molecular weight excluding hydrogens is 240 g/mol. The van der Waals surface area contributed by atoms with Crippen molar-refractivity contribution >= 4 is 17.0 Å². The molecule has 0 saturated carbocycles. The number of aliphatic carboxylic acids is 1. The van der Waals surface area contributed by atoms with E-state index in [0.29, 0.717) is 6.42 Å². The molecular formula is C15H20N2O2. The van der Waals surface area contributed by atoms with Crippen molar-refractivity contribution in [3.63, 3.8) is 0 Å². The summed E-state index contributed by atoms with van der Waals surface area (Å²) in [5.41, 5.74) is 3.31. The van der Waals surface area contributed by atoms with E-state index in [2.05, 4.69) is 48.5 Å². The normalized spacial score (nSPS) is 11.4. The second-order valence-corrected chi connectivity index (χ2v) is 5.06. The van der Waals surface area contributed by atoms with Crippen molar-refractivity contribution in [1.82, 2.24) is 9.55 Å². The Morgan fingerprint density at radius 1 is 1.42 bits per heavy atom. The van der Waals surface area contributed by atoms with Crippen molar-refractivity contribution in [3.05, 3.63) is 29.6 Å². The van der Waals surface area contributed by atoms with E-state index in [4.69, 9.17) is 5.11 Å². The van der Waals surface area contributed by atoms with Crippen LogP contribution in [0, 0.1) is 0 Å². The smallest absolute Gasteiger partial charge is 0.303 e. The average Bonchev–Trinajstić information content (AvgIpc) is 2.73. The lowest BCUT2D eigenvalue weighted by Gasteiger charge is -2.12. The number of carboxylic acids is 1. The second kappa shape index (κ2) is 5.43. The third-order valence-electron chi connectivity index (χ3n) is 3.31. The Balaban J connectivity index is 2.49. The first-order valence-electron chi connectivity index (χ1n) is 6.74. The van der Waals surface area contributed by atoms with E-state index in [1.165, 1.54) is 5.56 Å². The summed E-state index contributed by atoms with van der Waals surface area (Å²) in [6.07, 6.45) is 1.58. The molecule has 0 aliphatic rings. The van der Waals surface area contributed by atoms with Gasteiger partial charge in [-0.05, 0) is 38.0 Å². The summed E-state index contributed by atoms with van der Waals surface area (Å²) in [6, 6.07) is 6.58. The predicted octanol–water partition coefficient (Wildman–Crippen LogP) is 3.20. The molecule has 1 N–H and O–H groups in total. The molecule has 0 fully saturated rings. The average molecular weight is 260 g/mol. The van der Waals surface area contributed by atoms with Crippen molar-refractivity contribution < 1.29 is 9.90 Å². The molecule has 0 saturated heterocycles. The molecule has 19 heavy (non-hydrogen) atoms. The van der Waals surface area contributed by atoms with Gasteiger partial charge in [0.25, 0.3) is 0 Å². The Morgan fingerprint density at radius 3 is 2.74 bits per heavy atom. The van der Waals surface area contributed by atoms with E-state index >= 15 is 0 Å². The number of benzene rings is 1. The van der Waals surface area contributed by atoms with Crippen molar-refractivity contribution in [3.8, 4) is 0 Å². The summed E-state index contributed by atoms with van der Waals surface area (Å²) < 4.78 is 2.14. The van der Waals surface area contributed by atoms with Crippen LogP contribution in [-0.4, -0.2) is 20.6 Å². The molecule has 2 rings (SSSR count). The van der Waals surface area contributed by atoms with Crippen LogP contribution in [0.1, 0.15) is 44.6 Å². The molecule has 0 radical (unpaired) electrons. The molecule has 102 valence electrons. The Hall–Kier alpha value is -1.84. The van der Waals surface area contributed by atoms with Gasteiger partial charge in [0, 0.05) is 12.5 Å². The van der Waals surface area contributed by atoms with Crippen LogP contribution in [0.15, 0.2) is 18.2 Å². The summed E-state index contributed by atoms with van der Waals surface area (Å²) in [5.74, 6) is 0.0808. The van der Waals surface area contributed by atoms with Crippen LogP contribution in [0.25, 0.3) is 11.0 Å². The van der Waals surface area contributed by atoms with E-state index in [0.717, 1.165) is 23.3 Å². The Bertz CT molecular complexity index is 599. The molecule has 1 aromatic heterocycles. The standard InChI is InChI=1S/C15H20N2O2/c1-4-11-5-6-13-12(9-11)16-14(7-8-15(18)19)17(13)10(2)3/h5-6,9-10H,4,7-8H2,1-3H3,(H,18,19). The van der Waals surface area contributed by atoms with Crippen molar-refractivity contribution in [2.75, 3.05) is 0 Å². The van der Waals surface area contributed by atoms with Crippen molar-refractivity contribution in [1.29, 1.82) is 0 Å². The summed E-state index contributed by atoms with van der Waals surface area (Å²) in [6.45, 7) is 6.31. The van der Waals surface area contributed by atoms with Gasteiger partial charge in [-0.3, -0.25) is 4.79 Å². The molecule has 0 atom stereocenters. The van der Waals surface area contributed by atoms with Gasteiger partial charge in [-0.2, -0.15) is 0 Å². The first kappa shape index (κ1) is 13.6. The highest BCUT2D eigenvalue weighted by molar-refractivity contribution is 5.77. The quantitative estimate of drug-likeness (QED) is 0.898. The van der Waals surface area contributed by atoms with E-state index in [1.54, 1.807) is 0 Å². The monoisotopic (exact) mass is 260 g/mol. The van der Waals surface area contributed by atoms with Gasteiger partial charge in [-0.25, -0.2) is 4.98 Å². The Morgan fingerprint density at radius 2 is 2.16 bits per heavy atom. The molecule has 0 bridgehead atoms. The van der Waals surface area contributed by atoms with Crippen LogP contribution in [0.5, 0.6) is 0 Å². The van der Waals surface area contributed by atoms with Crippen LogP contribution in [-0.2, 0) is 17.6 Å². The van der Waals surface area contributed by atoms with Gasteiger partial charge in [-0.1, -0.05) is 13.0 Å². The topological polar surface area (TPSA) is 55.1 Å². The minimum atomic E-state index is -0.781. The number of aromatic nitrogens is 2. The fourth-order valence-corrected chi connectivity index (χ4v) is 2.39. The summed E-state index contributed by atoms with van der Waals surface area (Å²) >= 11 is 0.